The van der Waals surface area contributed by atoms with Crippen LogP contribution < -0.4 is 0 Å². The zero-order chi connectivity index (χ0) is 7.72. The van der Waals surface area contributed by atoms with E-state index in [2.05, 4.69) is 0 Å². The average molecular weight is 148 g/mol. The second kappa shape index (κ2) is 2.84. The molecule has 0 radical (unpaired) electrons. The highest BCUT2D eigenvalue weighted by atomic mass is 16.5. The molecule has 1 aliphatic rings. The highest BCUT2D eigenvalue weighted by Crippen LogP contribution is 2.19. The van der Waals surface area contributed by atoms with Crippen molar-refractivity contribution in [3.8, 4) is 0 Å². The van der Waals surface area contributed by atoms with Gasteiger partial charge in [0.05, 0.1) is 12.7 Å². The summed E-state index contributed by atoms with van der Waals surface area (Å²) in [4.78, 5) is 0. The third-order valence-corrected chi connectivity index (χ3v) is 1.78. The van der Waals surface area contributed by atoms with Gasteiger partial charge in [-0.1, -0.05) is 0 Å². The molecule has 1 heterocycles. The number of rotatable bonds is 1. The molecule has 60 valence electrons. The topological polar surface area (TPSA) is 69.9 Å². The fourth-order valence-corrected chi connectivity index (χ4v) is 1.09. The Morgan fingerprint density at radius 2 is 1.90 bits per heavy atom. The van der Waals surface area contributed by atoms with Crippen LogP contribution in [0.2, 0.25) is 0 Å². The van der Waals surface area contributed by atoms with Crippen molar-refractivity contribution >= 4 is 0 Å². The summed E-state index contributed by atoms with van der Waals surface area (Å²) in [6.45, 7) is 1.41. The van der Waals surface area contributed by atoms with Crippen molar-refractivity contribution in [2.45, 2.75) is 31.3 Å². The van der Waals surface area contributed by atoms with Crippen molar-refractivity contribution < 1.29 is 20.1 Å². The molecule has 0 bridgehead atoms. The van der Waals surface area contributed by atoms with Gasteiger partial charge in [-0.25, -0.2) is 0 Å². The van der Waals surface area contributed by atoms with E-state index in [4.69, 9.17) is 20.1 Å². The first-order chi connectivity index (χ1) is 4.66. The van der Waals surface area contributed by atoms with Crippen molar-refractivity contribution in [2.24, 2.45) is 0 Å². The smallest absolute Gasteiger partial charge is 0.111 e. The van der Waals surface area contributed by atoms with E-state index in [1.165, 1.54) is 0 Å². The van der Waals surface area contributed by atoms with Crippen molar-refractivity contribution in [2.75, 3.05) is 6.61 Å². The molecule has 1 saturated heterocycles. The number of ether oxygens (including phenoxy) is 1. The van der Waals surface area contributed by atoms with Gasteiger partial charge in [0.2, 0.25) is 0 Å². The van der Waals surface area contributed by atoms with Crippen LogP contribution in [0.3, 0.4) is 0 Å². The first-order valence-electron chi connectivity index (χ1n) is 3.29. The van der Waals surface area contributed by atoms with Crippen LogP contribution in [0, 0.1) is 0 Å². The van der Waals surface area contributed by atoms with Crippen molar-refractivity contribution in [1.82, 2.24) is 0 Å². The maximum atomic E-state index is 9.09. The van der Waals surface area contributed by atoms with Crippen LogP contribution in [0.4, 0.5) is 0 Å². The Morgan fingerprint density at radius 1 is 1.30 bits per heavy atom. The lowest BCUT2D eigenvalue weighted by molar-refractivity contribution is -0.0171. The summed E-state index contributed by atoms with van der Waals surface area (Å²) in [5, 5.41) is 26.8. The van der Waals surface area contributed by atoms with Gasteiger partial charge < -0.3 is 20.1 Å². The molecule has 4 atom stereocenters. The van der Waals surface area contributed by atoms with Crippen LogP contribution in [0.5, 0.6) is 0 Å². The fourth-order valence-electron chi connectivity index (χ4n) is 1.09. The summed E-state index contributed by atoms with van der Waals surface area (Å²) in [7, 11) is 0. The highest BCUT2D eigenvalue weighted by Gasteiger charge is 2.39. The van der Waals surface area contributed by atoms with Gasteiger partial charge in [-0.2, -0.15) is 0 Å². The molecule has 1 rings (SSSR count). The molecule has 1 unspecified atom stereocenters. The van der Waals surface area contributed by atoms with E-state index in [0.29, 0.717) is 0 Å². The zero-order valence-corrected chi connectivity index (χ0v) is 5.77. The van der Waals surface area contributed by atoms with E-state index in [1.54, 1.807) is 6.92 Å². The van der Waals surface area contributed by atoms with E-state index >= 15 is 0 Å². The molecule has 1 aliphatic heterocycles. The molecular weight excluding hydrogens is 136 g/mol. The number of aliphatic hydroxyl groups is 3. The third kappa shape index (κ3) is 1.15. The predicted octanol–water partition coefficient (Wildman–Crippen LogP) is -1.51. The van der Waals surface area contributed by atoms with E-state index in [1.807, 2.05) is 0 Å². The first kappa shape index (κ1) is 7.94. The monoisotopic (exact) mass is 148 g/mol. The molecule has 0 aliphatic carbocycles. The highest BCUT2D eigenvalue weighted by molar-refractivity contribution is 4.87. The average Bonchev–Trinajstić information content (AvgIpc) is 2.17. The minimum Gasteiger partial charge on any atom is -0.394 e. The minimum atomic E-state index is -0.944. The Kier molecular flexibility index (Phi) is 2.25. The number of aliphatic hydroxyl groups excluding tert-OH is 3. The van der Waals surface area contributed by atoms with Crippen molar-refractivity contribution in [3.63, 3.8) is 0 Å². The van der Waals surface area contributed by atoms with Gasteiger partial charge in [0.1, 0.15) is 18.3 Å². The summed E-state index contributed by atoms with van der Waals surface area (Å²) < 4.78 is 4.98. The molecule has 4 heteroatoms. The maximum Gasteiger partial charge on any atom is 0.111 e. The van der Waals surface area contributed by atoms with Crippen LogP contribution in [0.15, 0.2) is 0 Å². The largest absolute Gasteiger partial charge is 0.394 e. The molecule has 1 fully saturated rings. The van der Waals surface area contributed by atoms with E-state index in [0.717, 1.165) is 0 Å². The Bertz CT molecular complexity index is 116. The molecule has 3 N–H and O–H groups in total. The molecule has 0 aromatic heterocycles. The van der Waals surface area contributed by atoms with Gasteiger partial charge in [-0.05, 0) is 6.92 Å². The van der Waals surface area contributed by atoms with Crippen molar-refractivity contribution in [1.29, 1.82) is 0 Å². The van der Waals surface area contributed by atoms with Crippen molar-refractivity contribution in [3.05, 3.63) is 0 Å². The quantitative estimate of drug-likeness (QED) is 0.422. The molecule has 0 spiro atoms. The Hall–Kier alpha value is -0.160. The molecule has 0 aromatic rings. The molecule has 0 aromatic carbocycles. The summed E-state index contributed by atoms with van der Waals surface area (Å²) >= 11 is 0. The lowest BCUT2D eigenvalue weighted by atomic mass is 10.1. The molecule has 10 heavy (non-hydrogen) atoms. The Morgan fingerprint density at radius 3 is 2.10 bits per heavy atom. The van der Waals surface area contributed by atoms with Crippen LogP contribution in [-0.2, 0) is 4.74 Å². The van der Waals surface area contributed by atoms with Crippen LogP contribution >= 0.6 is 0 Å². The molecular formula is C6H12O4. The van der Waals surface area contributed by atoms with E-state index in [9.17, 15) is 0 Å². The second-order valence-corrected chi connectivity index (χ2v) is 2.54. The van der Waals surface area contributed by atoms with Gasteiger partial charge in [0, 0.05) is 0 Å². The normalized spacial score (nSPS) is 48.0. The lowest BCUT2D eigenvalue weighted by Gasteiger charge is -2.10. The van der Waals surface area contributed by atoms with Gasteiger partial charge in [-0.3, -0.25) is 0 Å². The zero-order valence-electron chi connectivity index (χ0n) is 5.77. The summed E-state index contributed by atoms with van der Waals surface area (Å²) in [6, 6.07) is 0. The predicted molar refractivity (Wildman–Crippen MR) is 33.4 cm³/mol. The first-order valence-corrected chi connectivity index (χ1v) is 3.29. The molecule has 0 saturated carbocycles. The number of hydrogen-bond donors (Lipinski definition) is 3. The van der Waals surface area contributed by atoms with Gasteiger partial charge in [0.15, 0.2) is 0 Å². The Labute approximate surface area is 59.1 Å². The van der Waals surface area contributed by atoms with Crippen LogP contribution in [-0.4, -0.2) is 46.3 Å². The second-order valence-electron chi connectivity index (χ2n) is 2.54. The van der Waals surface area contributed by atoms with E-state index in [-0.39, 0.29) is 12.7 Å². The van der Waals surface area contributed by atoms with E-state index < -0.39 is 18.3 Å². The Balaban J connectivity index is 2.53. The van der Waals surface area contributed by atoms with Gasteiger partial charge in [-0.15, -0.1) is 0 Å². The lowest BCUT2D eigenvalue weighted by Crippen LogP contribution is -2.33. The maximum absolute atomic E-state index is 9.09. The molecule has 4 nitrogen and oxygen atoms in total. The summed E-state index contributed by atoms with van der Waals surface area (Å²) in [5.41, 5.74) is 0. The number of hydrogen-bond acceptors (Lipinski definition) is 4. The fraction of sp³-hybridized carbons (Fsp3) is 1.00. The van der Waals surface area contributed by atoms with Gasteiger partial charge in [0.25, 0.3) is 0 Å². The summed E-state index contributed by atoms with van der Waals surface area (Å²) in [5.74, 6) is 0. The minimum absolute atomic E-state index is 0.247. The van der Waals surface area contributed by atoms with Gasteiger partial charge >= 0.3 is 0 Å². The van der Waals surface area contributed by atoms with Crippen LogP contribution in [0.25, 0.3) is 0 Å². The third-order valence-electron chi connectivity index (χ3n) is 1.78. The SMILES string of the molecule is C[C@H]1O[C@H](CO)C(O)[C@H]1O. The summed E-state index contributed by atoms with van der Waals surface area (Å²) in [6.07, 6.45) is -2.81. The standard InChI is InChI=1S/C6H12O4/c1-3-5(8)6(9)4(2-7)10-3/h3-9H,2H2,1H3/t3-,4-,5+,6?/m1/s1. The molecule has 0 amide bonds. The van der Waals surface area contributed by atoms with Crippen LogP contribution in [0.1, 0.15) is 6.92 Å².